The Morgan fingerprint density at radius 3 is 3.08 bits per heavy atom. The van der Waals surface area contributed by atoms with Crippen LogP contribution in [-0.4, -0.2) is 4.98 Å². The van der Waals surface area contributed by atoms with Gasteiger partial charge < -0.3 is 5.21 Å². The van der Waals surface area contributed by atoms with Crippen LogP contribution in [-0.2, 0) is 0 Å². The predicted molar refractivity (Wildman–Crippen MR) is 45.4 cm³/mol. The molecule has 0 aromatic carbocycles. The zero-order valence-corrected chi connectivity index (χ0v) is 6.69. The molecule has 12 heavy (non-hydrogen) atoms. The number of pyridine rings is 2. The molecule has 2 heterocycles. The molecule has 2 aromatic heterocycles. The number of aromatic nitrogens is 2. The van der Waals surface area contributed by atoms with E-state index in [0.717, 1.165) is 21.2 Å². The molecule has 0 aliphatic heterocycles. The third-order valence-corrected chi connectivity index (χ3v) is 1.80. The van der Waals surface area contributed by atoms with Gasteiger partial charge in [-0.05, 0) is 19.1 Å². The molecule has 0 unspecified atom stereocenters. The van der Waals surface area contributed by atoms with Crippen LogP contribution < -0.4 is 4.73 Å². The smallest absolute Gasteiger partial charge is 0.189 e. The van der Waals surface area contributed by atoms with Crippen molar-refractivity contribution in [3.05, 3.63) is 41.5 Å². The largest absolute Gasteiger partial charge is 0.619 e. The fourth-order valence-corrected chi connectivity index (χ4v) is 1.28. The van der Waals surface area contributed by atoms with E-state index >= 15 is 0 Å². The van der Waals surface area contributed by atoms with Gasteiger partial charge in [0.1, 0.15) is 0 Å². The zero-order chi connectivity index (χ0) is 8.55. The van der Waals surface area contributed by atoms with E-state index in [1.807, 2.05) is 19.1 Å². The van der Waals surface area contributed by atoms with E-state index in [0.29, 0.717) is 0 Å². The van der Waals surface area contributed by atoms with Crippen LogP contribution in [0.1, 0.15) is 5.56 Å². The zero-order valence-electron chi connectivity index (χ0n) is 6.69. The van der Waals surface area contributed by atoms with Crippen molar-refractivity contribution in [3.63, 3.8) is 0 Å². The molecule has 0 N–H and O–H groups in total. The lowest BCUT2D eigenvalue weighted by atomic mass is 10.2. The van der Waals surface area contributed by atoms with Crippen LogP contribution in [0.3, 0.4) is 0 Å². The lowest BCUT2D eigenvalue weighted by Crippen LogP contribution is -2.24. The van der Waals surface area contributed by atoms with E-state index in [2.05, 4.69) is 4.98 Å². The van der Waals surface area contributed by atoms with E-state index in [1.54, 1.807) is 6.20 Å². The summed E-state index contributed by atoms with van der Waals surface area (Å²) in [5, 5.41) is 11.9. The van der Waals surface area contributed by atoms with Gasteiger partial charge in [0.2, 0.25) is 0 Å². The van der Waals surface area contributed by atoms with E-state index in [9.17, 15) is 5.21 Å². The molecule has 0 aliphatic rings. The number of hydrogen-bond acceptors (Lipinski definition) is 2. The highest BCUT2D eigenvalue weighted by atomic mass is 16.5. The number of fused-ring (bicyclic) bond motifs is 1. The molecule has 3 nitrogen and oxygen atoms in total. The van der Waals surface area contributed by atoms with Crippen molar-refractivity contribution in [1.29, 1.82) is 0 Å². The molecule has 0 saturated heterocycles. The van der Waals surface area contributed by atoms with Crippen molar-refractivity contribution in [2.45, 2.75) is 6.92 Å². The summed E-state index contributed by atoms with van der Waals surface area (Å²) in [4.78, 5) is 4.17. The summed E-state index contributed by atoms with van der Waals surface area (Å²) >= 11 is 0. The second-order valence-electron chi connectivity index (χ2n) is 2.74. The summed E-state index contributed by atoms with van der Waals surface area (Å²) < 4.78 is 0.805. The molecule has 2 rings (SSSR count). The monoisotopic (exact) mass is 160 g/mol. The first-order valence-electron chi connectivity index (χ1n) is 3.71. The van der Waals surface area contributed by atoms with Crippen molar-refractivity contribution in [2.24, 2.45) is 0 Å². The molecule has 0 bridgehead atoms. The van der Waals surface area contributed by atoms with Crippen molar-refractivity contribution < 1.29 is 4.73 Å². The Balaban J connectivity index is 2.89. The molecule has 0 aliphatic carbocycles. The predicted octanol–water partition coefficient (Wildman–Crippen LogP) is 1.18. The molecule has 0 atom stereocenters. The SMILES string of the molecule is Cc1c[n+]([O-])cc2cccnc12. The van der Waals surface area contributed by atoms with Crippen LogP contribution in [0.25, 0.3) is 10.9 Å². The normalized spacial score (nSPS) is 10.4. The standard InChI is InChI=1S/C9H8N2O/c1-7-5-11(12)6-8-3-2-4-10-9(7)8/h2-6H,1H3. The number of aryl methyl sites for hydroxylation is 1. The van der Waals surface area contributed by atoms with Crippen molar-refractivity contribution in [2.75, 3.05) is 0 Å². The van der Waals surface area contributed by atoms with Crippen LogP contribution in [0, 0.1) is 12.1 Å². The van der Waals surface area contributed by atoms with E-state index in [4.69, 9.17) is 0 Å². The Labute approximate surface area is 69.9 Å². The van der Waals surface area contributed by atoms with Gasteiger partial charge in [0.05, 0.1) is 10.9 Å². The van der Waals surface area contributed by atoms with Crippen LogP contribution in [0.5, 0.6) is 0 Å². The average molecular weight is 160 g/mol. The summed E-state index contributed by atoms with van der Waals surface area (Å²) in [6.07, 6.45) is 4.77. The highest BCUT2D eigenvalue weighted by Gasteiger charge is 2.01. The van der Waals surface area contributed by atoms with E-state index in [1.165, 1.54) is 12.4 Å². The lowest BCUT2D eigenvalue weighted by molar-refractivity contribution is -0.604. The molecular formula is C9H8N2O. The van der Waals surface area contributed by atoms with Gasteiger partial charge in [-0.2, -0.15) is 4.73 Å². The minimum Gasteiger partial charge on any atom is -0.619 e. The first kappa shape index (κ1) is 7.03. The molecule has 0 fully saturated rings. The van der Waals surface area contributed by atoms with Gasteiger partial charge in [-0.25, -0.2) is 0 Å². The van der Waals surface area contributed by atoms with Gasteiger partial charge in [-0.3, -0.25) is 4.98 Å². The Kier molecular flexibility index (Phi) is 1.43. The number of rotatable bonds is 0. The van der Waals surface area contributed by atoms with Crippen LogP contribution >= 0.6 is 0 Å². The van der Waals surface area contributed by atoms with Gasteiger partial charge in [-0.1, -0.05) is 0 Å². The van der Waals surface area contributed by atoms with Gasteiger partial charge in [0.15, 0.2) is 12.4 Å². The molecular weight excluding hydrogens is 152 g/mol. The summed E-state index contributed by atoms with van der Waals surface area (Å²) in [5.41, 5.74) is 1.80. The lowest BCUT2D eigenvalue weighted by Gasteiger charge is -2.00. The number of hydrogen-bond donors (Lipinski definition) is 0. The Morgan fingerprint density at radius 2 is 2.25 bits per heavy atom. The molecule has 0 radical (unpaired) electrons. The molecule has 60 valence electrons. The third-order valence-electron chi connectivity index (χ3n) is 1.80. The quantitative estimate of drug-likeness (QED) is 0.428. The highest BCUT2D eigenvalue weighted by molar-refractivity contribution is 5.79. The van der Waals surface area contributed by atoms with Crippen molar-refractivity contribution in [1.82, 2.24) is 4.98 Å². The molecule has 3 heteroatoms. The summed E-state index contributed by atoms with van der Waals surface area (Å²) in [6.45, 7) is 1.88. The summed E-state index contributed by atoms with van der Waals surface area (Å²) in [5.74, 6) is 0. The Bertz CT molecular complexity index is 426. The minimum atomic E-state index is 0.805. The van der Waals surface area contributed by atoms with Gasteiger partial charge in [0.25, 0.3) is 0 Å². The van der Waals surface area contributed by atoms with Gasteiger partial charge >= 0.3 is 0 Å². The molecule has 0 spiro atoms. The van der Waals surface area contributed by atoms with E-state index < -0.39 is 0 Å². The van der Waals surface area contributed by atoms with Gasteiger partial charge in [0, 0.05) is 11.8 Å². The maximum absolute atomic E-state index is 11.0. The van der Waals surface area contributed by atoms with Crippen LogP contribution in [0.2, 0.25) is 0 Å². The molecule has 2 aromatic rings. The molecule has 0 amide bonds. The maximum atomic E-state index is 11.0. The van der Waals surface area contributed by atoms with Crippen LogP contribution in [0.15, 0.2) is 30.7 Å². The molecule has 0 saturated carbocycles. The average Bonchev–Trinajstić information content (AvgIpc) is 2.04. The number of nitrogens with zero attached hydrogens (tertiary/aromatic N) is 2. The minimum absolute atomic E-state index is 0.805. The topological polar surface area (TPSA) is 39.8 Å². The second kappa shape index (κ2) is 2.44. The fourth-order valence-electron chi connectivity index (χ4n) is 1.28. The van der Waals surface area contributed by atoms with Gasteiger partial charge in [-0.15, -0.1) is 0 Å². The van der Waals surface area contributed by atoms with Crippen LogP contribution in [0.4, 0.5) is 0 Å². The first-order valence-corrected chi connectivity index (χ1v) is 3.71. The fraction of sp³-hybridized carbons (Fsp3) is 0.111. The summed E-state index contributed by atoms with van der Waals surface area (Å²) in [7, 11) is 0. The maximum Gasteiger partial charge on any atom is 0.189 e. The van der Waals surface area contributed by atoms with E-state index in [-0.39, 0.29) is 0 Å². The Morgan fingerprint density at radius 1 is 1.42 bits per heavy atom. The third kappa shape index (κ3) is 0.993. The first-order chi connectivity index (χ1) is 5.77. The highest BCUT2D eigenvalue weighted by Crippen LogP contribution is 2.11. The van der Waals surface area contributed by atoms with Crippen molar-refractivity contribution >= 4 is 10.9 Å². The van der Waals surface area contributed by atoms with Crippen molar-refractivity contribution in [3.8, 4) is 0 Å². The Hall–Kier alpha value is -1.64. The summed E-state index contributed by atoms with van der Waals surface area (Å²) in [6, 6.07) is 3.70. The second-order valence-corrected chi connectivity index (χ2v) is 2.74.